The number of furan rings is 1. The van der Waals surface area contributed by atoms with Gasteiger partial charge in [0, 0.05) is 25.8 Å². The van der Waals surface area contributed by atoms with Crippen molar-refractivity contribution in [2.45, 2.75) is 32.0 Å². The van der Waals surface area contributed by atoms with Gasteiger partial charge in [-0.05, 0) is 32.5 Å². The quantitative estimate of drug-likeness (QED) is 0.845. The third kappa shape index (κ3) is 3.31. The van der Waals surface area contributed by atoms with E-state index in [1.807, 2.05) is 13.1 Å². The minimum Gasteiger partial charge on any atom is -0.468 e. The Morgan fingerprint density at radius 2 is 2.47 bits per heavy atom. The number of rotatable bonds is 5. The Bertz CT molecular complexity index is 338. The molecule has 0 spiro atoms. The molecule has 0 bridgehead atoms. The number of piperidine rings is 1. The molecule has 0 amide bonds. The standard InChI is InChI=1S/C13H22N2O2/c1-14-8-11-5-7-17-13(11)10-15-6-3-4-12(9-15)16-2/h5,7,12,14H,3-4,6,8-10H2,1-2H3. The van der Waals surface area contributed by atoms with Crippen LogP contribution in [0.3, 0.4) is 0 Å². The van der Waals surface area contributed by atoms with E-state index in [1.54, 1.807) is 13.4 Å². The number of methoxy groups -OCH3 is 1. The number of ether oxygens (including phenoxy) is 1. The van der Waals surface area contributed by atoms with Crippen LogP contribution in [-0.4, -0.2) is 38.3 Å². The first-order valence-electron chi connectivity index (χ1n) is 6.28. The van der Waals surface area contributed by atoms with Crippen LogP contribution in [0.2, 0.25) is 0 Å². The van der Waals surface area contributed by atoms with Gasteiger partial charge in [0.15, 0.2) is 0 Å². The van der Waals surface area contributed by atoms with Gasteiger partial charge in [-0.1, -0.05) is 0 Å². The van der Waals surface area contributed by atoms with E-state index < -0.39 is 0 Å². The fourth-order valence-corrected chi connectivity index (χ4v) is 2.41. The second-order valence-corrected chi connectivity index (χ2v) is 4.63. The molecule has 1 aliphatic heterocycles. The molecule has 4 heteroatoms. The van der Waals surface area contributed by atoms with Crippen molar-refractivity contribution in [3.05, 3.63) is 23.7 Å². The predicted octanol–water partition coefficient (Wildman–Crippen LogP) is 1.61. The van der Waals surface area contributed by atoms with Crippen molar-refractivity contribution >= 4 is 0 Å². The van der Waals surface area contributed by atoms with E-state index in [0.29, 0.717) is 6.10 Å². The van der Waals surface area contributed by atoms with Gasteiger partial charge in [0.2, 0.25) is 0 Å². The van der Waals surface area contributed by atoms with E-state index in [1.165, 1.54) is 18.4 Å². The highest BCUT2D eigenvalue weighted by Crippen LogP contribution is 2.18. The second kappa shape index (κ2) is 6.19. The van der Waals surface area contributed by atoms with Gasteiger partial charge in [-0.2, -0.15) is 0 Å². The molecule has 1 aromatic heterocycles. The Kier molecular flexibility index (Phi) is 4.59. The first-order valence-corrected chi connectivity index (χ1v) is 6.28. The molecule has 1 atom stereocenters. The fraction of sp³-hybridized carbons (Fsp3) is 0.692. The third-order valence-corrected chi connectivity index (χ3v) is 3.37. The van der Waals surface area contributed by atoms with Gasteiger partial charge in [0.05, 0.1) is 18.9 Å². The molecule has 96 valence electrons. The van der Waals surface area contributed by atoms with Crippen LogP contribution in [0.15, 0.2) is 16.7 Å². The Morgan fingerprint density at radius 3 is 3.24 bits per heavy atom. The molecule has 0 aromatic carbocycles. The lowest BCUT2D eigenvalue weighted by Crippen LogP contribution is -2.38. The molecule has 0 aliphatic carbocycles. The summed E-state index contributed by atoms with van der Waals surface area (Å²) in [6.45, 7) is 3.91. The molecule has 1 unspecified atom stereocenters. The van der Waals surface area contributed by atoms with Crippen molar-refractivity contribution in [2.24, 2.45) is 0 Å². The SMILES string of the molecule is CNCc1ccoc1CN1CCCC(OC)C1. The first-order chi connectivity index (χ1) is 8.33. The largest absolute Gasteiger partial charge is 0.468 e. The van der Waals surface area contributed by atoms with Crippen molar-refractivity contribution in [1.82, 2.24) is 10.2 Å². The second-order valence-electron chi connectivity index (χ2n) is 4.63. The summed E-state index contributed by atoms with van der Waals surface area (Å²) in [5.74, 6) is 1.08. The van der Waals surface area contributed by atoms with Crippen molar-refractivity contribution in [3.8, 4) is 0 Å². The third-order valence-electron chi connectivity index (χ3n) is 3.37. The minimum atomic E-state index is 0.381. The van der Waals surface area contributed by atoms with E-state index in [2.05, 4.69) is 10.2 Å². The Labute approximate surface area is 103 Å². The molecule has 0 radical (unpaired) electrons. The van der Waals surface area contributed by atoms with Crippen LogP contribution in [0.5, 0.6) is 0 Å². The number of hydrogen-bond acceptors (Lipinski definition) is 4. The van der Waals surface area contributed by atoms with Crippen LogP contribution < -0.4 is 5.32 Å². The van der Waals surface area contributed by atoms with Crippen LogP contribution in [0.4, 0.5) is 0 Å². The lowest BCUT2D eigenvalue weighted by atomic mass is 10.1. The van der Waals surface area contributed by atoms with E-state index in [0.717, 1.165) is 31.9 Å². The normalized spacial score (nSPS) is 21.9. The van der Waals surface area contributed by atoms with Crippen LogP contribution in [-0.2, 0) is 17.8 Å². The lowest BCUT2D eigenvalue weighted by Gasteiger charge is -2.31. The molecule has 4 nitrogen and oxygen atoms in total. The zero-order valence-corrected chi connectivity index (χ0v) is 10.7. The Hall–Kier alpha value is -0.840. The van der Waals surface area contributed by atoms with E-state index in [9.17, 15) is 0 Å². The molecule has 1 aromatic rings. The van der Waals surface area contributed by atoms with E-state index >= 15 is 0 Å². The highest BCUT2D eigenvalue weighted by molar-refractivity contribution is 5.16. The van der Waals surface area contributed by atoms with Crippen molar-refractivity contribution in [1.29, 1.82) is 0 Å². The van der Waals surface area contributed by atoms with E-state index in [-0.39, 0.29) is 0 Å². The van der Waals surface area contributed by atoms with Crippen molar-refractivity contribution < 1.29 is 9.15 Å². The monoisotopic (exact) mass is 238 g/mol. The van der Waals surface area contributed by atoms with Gasteiger partial charge < -0.3 is 14.5 Å². The maximum absolute atomic E-state index is 5.57. The number of likely N-dealkylation sites (tertiary alicyclic amines) is 1. The minimum absolute atomic E-state index is 0.381. The van der Waals surface area contributed by atoms with Gasteiger partial charge in [-0.25, -0.2) is 0 Å². The summed E-state index contributed by atoms with van der Waals surface area (Å²) in [6.07, 6.45) is 4.54. The molecule has 2 heterocycles. The summed E-state index contributed by atoms with van der Waals surface area (Å²) in [7, 11) is 3.76. The average molecular weight is 238 g/mol. The molecular formula is C13H22N2O2. The summed E-state index contributed by atoms with van der Waals surface area (Å²) in [5.41, 5.74) is 1.26. The van der Waals surface area contributed by atoms with Gasteiger partial charge in [-0.3, -0.25) is 4.90 Å². The molecule has 1 fully saturated rings. The van der Waals surface area contributed by atoms with Crippen molar-refractivity contribution in [3.63, 3.8) is 0 Å². The number of nitrogens with zero attached hydrogens (tertiary/aromatic N) is 1. The topological polar surface area (TPSA) is 37.6 Å². The molecule has 1 N–H and O–H groups in total. The Balaban J connectivity index is 1.93. The highest BCUT2D eigenvalue weighted by atomic mass is 16.5. The summed E-state index contributed by atoms with van der Waals surface area (Å²) >= 11 is 0. The summed E-state index contributed by atoms with van der Waals surface area (Å²) in [4.78, 5) is 2.41. The number of nitrogens with one attached hydrogen (secondary N) is 1. The van der Waals surface area contributed by atoms with Crippen LogP contribution >= 0.6 is 0 Å². The van der Waals surface area contributed by atoms with Gasteiger partial charge in [0.1, 0.15) is 5.76 Å². The van der Waals surface area contributed by atoms with E-state index in [4.69, 9.17) is 9.15 Å². The van der Waals surface area contributed by atoms with Gasteiger partial charge >= 0.3 is 0 Å². The lowest BCUT2D eigenvalue weighted by molar-refractivity contribution is 0.0262. The van der Waals surface area contributed by atoms with Crippen LogP contribution in [0.1, 0.15) is 24.2 Å². The molecule has 17 heavy (non-hydrogen) atoms. The zero-order valence-electron chi connectivity index (χ0n) is 10.7. The number of hydrogen-bond donors (Lipinski definition) is 1. The first kappa shape index (κ1) is 12.6. The average Bonchev–Trinajstić information content (AvgIpc) is 2.78. The summed E-state index contributed by atoms with van der Waals surface area (Å²) in [5, 5.41) is 3.16. The molecule has 2 rings (SSSR count). The maximum atomic E-state index is 5.57. The Morgan fingerprint density at radius 1 is 1.59 bits per heavy atom. The van der Waals surface area contributed by atoms with Gasteiger partial charge in [-0.15, -0.1) is 0 Å². The van der Waals surface area contributed by atoms with Gasteiger partial charge in [0.25, 0.3) is 0 Å². The van der Waals surface area contributed by atoms with Crippen LogP contribution in [0, 0.1) is 0 Å². The molecule has 1 saturated heterocycles. The smallest absolute Gasteiger partial charge is 0.122 e. The highest BCUT2D eigenvalue weighted by Gasteiger charge is 2.21. The maximum Gasteiger partial charge on any atom is 0.122 e. The van der Waals surface area contributed by atoms with Crippen molar-refractivity contribution in [2.75, 3.05) is 27.2 Å². The molecular weight excluding hydrogens is 216 g/mol. The molecule has 1 aliphatic rings. The fourth-order valence-electron chi connectivity index (χ4n) is 2.41. The summed E-state index contributed by atoms with van der Waals surface area (Å²) < 4.78 is 11.0. The summed E-state index contributed by atoms with van der Waals surface area (Å²) in [6, 6.07) is 2.05. The predicted molar refractivity (Wildman–Crippen MR) is 66.8 cm³/mol. The molecule has 0 saturated carbocycles. The van der Waals surface area contributed by atoms with Crippen LogP contribution in [0.25, 0.3) is 0 Å². The zero-order chi connectivity index (χ0) is 12.1.